The van der Waals surface area contributed by atoms with Gasteiger partial charge in [-0.25, -0.2) is 13.4 Å². The van der Waals surface area contributed by atoms with Crippen molar-refractivity contribution in [2.24, 2.45) is 0 Å². The van der Waals surface area contributed by atoms with Gasteiger partial charge in [0.05, 0.1) is 4.90 Å². The molecule has 174 valence electrons. The fourth-order valence-corrected chi connectivity index (χ4v) is 4.20. The summed E-state index contributed by atoms with van der Waals surface area (Å²) in [5.74, 6) is 2.61. The van der Waals surface area contributed by atoms with E-state index >= 15 is 0 Å². The Kier molecular flexibility index (Phi) is 6.10. The highest BCUT2D eigenvalue weighted by Crippen LogP contribution is 2.25. The topological polar surface area (TPSA) is 108 Å². The summed E-state index contributed by atoms with van der Waals surface area (Å²) in [6.07, 6.45) is 5.03. The minimum absolute atomic E-state index is 0.117. The van der Waals surface area contributed by atoms with Gasteiger partial charge < -0.3 is 9.47 Å². The summed E-state index contributed by atoms with van der Waals surface area (Å²) < 4.78 is 41.2. The predicted molar refractivity (Wildman–Crippen MR) is 129 cm³/mol. The van der Waals surface area contributed by atoms with Gasteiger partial charge >= 0.3 is 0 Å². The van der Waals surface area contributed by atoms with E-state index in [4.69, 9.17) is 9.47 Å². The number of imidazole rings is 1. The smallest absolute Gasteiger partial charge is 0.261 e. The molecule has 2 heterocycles. The molecule has 35 heavy (non-hydrogen) atoms. The molecule has 3 aromatic carbocycles. The van der Waals surface area contributed by atoms with E-state index in [1.165, 1.54) is 12.1 Å². The second-order valence-corrected chi connectivity index (χ2v) is 9.00. The lowest BCUT2D eigenvalue weighted by molar-refractivity contribution is 0.454. The number of hydrogen-bond donors (Lipinski definition) is 1. The molecule has 0 bridgehead atoms. The second kappa shape index (κ2) is 9.65. The van der Waals surface area contributed by atoms with Crippen molar-refractivity contribution in [3.05, 3.63) is 110 Å². The van der Waals surface area contributed by atoms with Gasteiger partial charge in [0, 0.05) is 24.1 Å². The van der Waals surface area contributed by atoms with Crippen LogP contribution < -0.4 is 14.2 Å². The molecule has 5 aromatic rings. The average Bonchev–Trinajstić information content (AvgIpc) is 3.42. The van der Waals surface area contributed by atoms with Crippen molar-refractivity contribution in [1.82, 2.24) is 19.7 Å². The van der Waals surface area contributed by atoms with Gasteiger partial charge in [-0.1, -0.05) is 18.2 Å². The number of benzene rings is 3. The maximum atomic E-state index is 12.8. The van der Waals surface area contributed by atoms with Crippen molar-refractivity contribution in [3.8, 4) is 28.9 Å². The third-order valence-corrected chi connectivity index (χ3v) is 6.23. The Labute approximate surface area is 201 Å². The van der Waals surface area contributed by atoms with Gasteiger partial charge in [-0.15, -0.1) is 10.2 Å². The molecule has 10 heteroatoms. The Morgan fingerprint density at radius 2 is 1.40 bits per heavy atom. The van der Waals surface area contributed by atoms with Crippen LogP contribution in [0.15, 0.2) is 115 Å². The molecule has 0 aliphatic rings. The largest absolute Gasteiger partial charge is 0.457 e. The van der Waals surface area contributed by atoms with Crippen molar-refractivity contribution >= 4 is 15.7 Å². The number of hydrogen-bond acceptors (Lipinski definition) is 7. The monoisotopic (exact) mass is 485 g/mol. The first-order valence-corrected chi connectivity index (χ1v) is 12.0. The van der Waals surface area contributed by atoms with Gasteiger partial charge in [0.1, 0.15) is 23.6 Å². The summed E-state index contributed by atoms with van der Waals surface area (Å²) in [6, 6.07) is 25.4. The molecule has 0 amide bonds. The number of nitrogens with zero attached hydrogens (tertiary/aromatic N) is 4. The number of nitrogens with one attached hydrogen (secondary N) is 1. The van der Waals surface area contributed by atoms with Crippen LogP contribution in [0.4, 0.5) is 5.69 Å². The average molecular weight is 486 g/mol. The highest BCUT2D eigenvalue weighted by molar-refractivity contribution is 7.92. The van der Waals surface area contributed by atoms with E-state index in [1.807, 2.05) is 30.3 Å². The Balaban J connectivity index is 1.21. The number of aromatic nitrogens is 4. The van der Waals surface area contributed by atoms with Gasteiger partial charge in [-0.05, 0) is 66.7 Å². The SMILES string of the molecule is O=S(=O)(Nc1ccc(Oc2ccc(-n3ccnc3)nn2)cc1)c1ccc(Oc2ccccc2)cc1. The molecule has 0 saturated carbocycles. The van der Waals surface area contributed by atoms with E-state index in [1.54, 1.807) is 71.8 Å². The van der Waals surface area contributed by atoms with Gasteiger partial charge in [0.25, 0.3) is 10.0 Å². The Hall–Kier alpha value is -4.70. The molecule has 5 rings (SSSR count). The molecular weight excluding hydrogens is 466 g/mol. The molecule has 0 atom stereocenters. The number of anilines is 1. The van der Waals surface area contributed by atoms with E-state index in [0.29, 0.717) is 34.6 Å². The van der Waals surface area contributed by atoms with Crippen molar-refractivity contribution < 1.29 is 17.9 Å². The zero-order chi connectivity index (χ0) is 24.1. The Bertz CT molecular complexity index is 1490. The predicted octanol–water partition coefficient (Wildman–Crippen LogP) is 5.05. The summed E-state index contributed by atoms with van der Waals surface area (Å²) in [6.45, 7) is 0. The number of ether oxygens (including phenoxy) is 2. The molecule has 0 aliphatic heterocycles. The van der Waals surface area contributed by atoms with Gasteiger partial charge in [0.2, 0.25) is 5.88 Å². The molecule has 0 saturated heterocycles. The lowest BCUT2D eigenvalue weighted by Crippen LogP contribution is -2.12. The minimum Gasteiger partial charge on any atom is -0.457 e. The second-order valence-electron chi connectivity index (χ2n) is 7.32. The van der Waals surface area contributed by atoms with Crippen LogP contribution in [0.1, 0.15) is 0 Å². The maximum Gasteiger partial charge on any atom is 0.261 e. The van der Waals surface area contributed by atoms with Crippen LogP contribution in [0.3, 0.4) is 0 Å². The van der Waals surface area contributed by atoms with Gasteiger partial charge in [-0.2, -0.15) is 0 Å². The highest BCUT2D eigenvalue weighted by Gasteiger charge is 2.14. The molecule has 0 unspecified atom stereocenters. The minimum atomic E-state index is -3.78. The molecule has 1 N–H and O–H groups in total. The van der Waals surface area contributed by atoms with E-state index in [-0.39, 0.29) is 4.90 Å². The Morgan fingerprint density at radius 1 is 0.714 bits per heavy atom. The van der Waals surface area contributed by atoms with Crippen LogP contribution >= 0.6 is 0 Å². The van der Waals surface area contributed by atoms with E-state index in [2.05, 4.69) is 19.9 Å². The quantitative estimate of drug-likeness (QED) is 0.328. The summed E-state index contributed by atoms with van der Waals surface area (Å²) in [5.41, 5.74) is 0.392. The van der Waals surface area contributed by atoms with Crippen LogP contribution in [-0.2, 0) is 10.0 Å². The van der Waals surface area contributed by atoms with Crippen LogP contribution in [0.25, 0.3) is 5.82 Å². The van der Waals surface area contributed by atoms with Crippen molar-refractivity contribution in [1.29, 1.82) is 0 Å². The first-order valence-electron chi connectivity index (χ1n) is 10.5. The molecular formula is C25H19N5O4S. The highest BCUT2D eigenvalue weighted by atomic mass is 32.2. The molecule has 0 fully saturated rings. The third-order valence-electron chi connectivity index (χ3n) is 4.84. The van der Waals surface area contributed by atoms with Crippen LogP contribution in [0, 0.1) is 0 Å². The van der Waals surface area contributed by atoms with Crippen LogP contribution in [-0.4, -0.2) is 28.2 Å². The van der Waals surface area contributed by atoms with E-state index in [9.17, 15) is 8.42 Å². The third kappa shape index (κ3) is 5.45. The fraction of sp³-hybridized carbons (Fsp3) is 0. The standard InChI is InChI=1S/C25H19N5O4S/c31-35(32,23-12-10-21(11-13-23)33-20-4-2-1-3-5-20)29-19-6-8-22(9-7-19)34-25-15-14-24(27-28-25)30-17-16-26-18-30/h1-18,29H. The molecule has 2 aromatic heterocycles. The first kappa shape index (κ1) is 22.1. The van der Waals surface area contributed by atoms with Crippen molar-refractivity contribution in [2.45, 2.75) is 4.90 Å². The van der Waals surface area contributed by atoms with E-state index < -0.39 is 10.0 Å². The maximum absolute atomic E-state index is 12.8. The molecule has 0 aliphatic carbocycles. The molecule has 0 radical (unpaired) electrons. The zero-order valence-electron chi connectivity index (χ0n) is 18.2. The number of para-hydroxylation sites is 1. The van der Waals surface area contributed by atoms with E-state index in [0.717, 1.165) is 0 Å². The lowest BCUT2D eigenvalue weighted by Gasteiger charge is -2.10. The van der Waals surface area contributed by atoms with Gasteiger partial charge in [-0.3, -0.25) is 9.29 Å². The van der Waals surface area contributed by atoms with Crippen LogP contribution in [0.2, 0.25) is 0 Å². The first-order chi connectivity index (χ1) is 17.0. The fourth-order valence-electron chi connectivity index (χ4n) is 3.14. The summed E-state index contributed by atoms with van der Waals surface area (Å²) in [5, 5.41) is 8.14. The van der Waals surface area contributed by atoms with Crippen molar-refractivity contribution in [2.75, 3.05) is 4.72 Å². The Morgan fingerprint density at radius 3 is 2.06 bits per heavy atom. The summed E-state index contributed by atoms with van der Waals surface area (Å²) in [7, 11) is -3.78. The summed E-state index contributed by atoms with van der Waals surface area (Å²) in [4.78, 5) is 4.09. The molecule has 0 spiro atoms. The summed E-state index contributed by atoms with van der Waals surface area (Å²) >= 11 is 0. The van der Waals surface area contributed by atoms with Gasteiger partial charge in [0.15, 0.2) is 5.82 Å². The zero-order valence-corrected chi connectivity index (χ0v) is 19.0. The lowest BCUT2D eigenvalue weighted by atomic mass is 10.3. The number of sulfonamides is 1. The number of rotatable bonds is 8. The molecule has 9 nitrogen and oxygen atoms in total. The van der Waals surface area contributed by atoms with Crippen molar-refractivity contribution in [3.63, 3.8) is 0 Å². The normalized spacial score (nSPS) is 11.1. The van der Waals surface area contributed by atoms with Crippen LogP contribution in [0.5, 0.6) is 23.1 Å².